The van der Waals surface area contributed by atoms with Crippen LogP contribution in [-0.4, -0.2) is 0 Å². The van der Waals surface area contributed by atoms with Crippen LogP contribution in [0.3, 0.4) is 0 Å². The molecular weight excluding hydrogens is 651 g/mol. The van der Waals surface area contributed by atoms with Gasteiger partial charge in [0.2, 0.25) is 0 Å². The largest absolute Gasteiger partial charge is 0.310 e. The lowest BCUT2D eigenvalue weighted by molar-refractivity contribution is 0.631. The van der Waals surface area contributed by atoms with Gasteiger partial charge in [0, 0.05) is 17.1 Å². The molecule has 0 radical (unpaired) electrons. The van der Waals surface area contributed by atoms with E-state index in [1.807, 2.05) is 18.2 Å². The highest BCUT2D eigenvalue weighted by Crippen LogP contribution is 2.58. The summed E-state index contributed by atoms with van der Waals surface area (Å²) in [6.45, 7) is 6.85. The summed E-state index contributed by atoms with van der Waals surface area (Å²) in [5.74, 6) is 0. The molecule has 1 atom stereocenters. The van der Waals surface area contributed by atoms with Crippen LogP contribution in [0.15, 0.2) is 213 Å². The first-order valence-corrected chi connectivity index (χ1v) is 18.8. The predicted molar refractivity (Wildman–Crippen MR) is 228 cm³/mol. The van der Waals surface area contributed by atoms with Crippen molar-refractivity contribution in [3.05, 3.63) is 252 Å². The highest BCUT2D eigenvalue weighted by atomic mass is 15.1. The second-order valence-corrected chi connectivity index (χ2v) is 14.3. The van der Waals surface area contributed by atoms with Crippen molar-refractivity contribution >= 4 is 22.6 Å². The quantitative estimate of drug-likeness (QED) is 0.178. The van der Waals surface area contributed by atoms with E-state index in [1.165, 1.54) is 61.2 Å². The van der Waals surface area contributed by atoms with Crippen molar-refractivity contribution in [2.45, 2.75) is 18.8 Å². The Morgan fingerprint density at radius 1 is 0.407 bits per heavy atom. The van der Waals surface area contributed by atoms with Gasteiger partial charge in [-0.3, -0.25) is 0 Å². The third kappa shape index (κ3) is 5.75. The van der Waals surface area contributed by atoms with Crippen LogP contribution in [0.4, 0.5) is 17.1 Å². The smallest absolute Gasteiger partial charge is 0.0511 e. The van der Waals surface area contributed by atoms with E-state index in [1.54, 1.807) is 0 Å². The maximum Gasteiger partial charge on any atom is 0.0511 e. The van der Waals surface area contributed by atoms with Gasteiger partial charge in [-0.05, 0) is 117 Å². The van der Waals surface area contributed by atoms with Gasteiger partial charge in [0.05, 0.1) is 5.41 Å². The van der Waals surface area contributed by atoms with Crippen LogP contribution < -0.4 is 4.90 Å². The molecule has 1 nitrogen and oxygen atoms in total. The zero-order valence-corrected chi connectivity index (χ0v) is 30.5. The lowest BCUT2D eigenvalue weighted by atomic mass is 9.68. The Bertz CT molecular complexity index is 2550. The average molecular weight is 692 g/mol. The first kappa shape index (κ1) is 33.2. The normalized spacial score (nSPS) is 14.8. The number of nitrogens with zero attached hydrogens (tertiary/aromatic N) is 1. The Hall–Kier alpha value is -6.70. The van der Waals surface area contributed by atoms with Crippen molar-refractivity contribution in [2.24, 2.45) is 0 Å². The lowest BCUT2D eigenvalue weighted by Gasteiger charge is -2.35. The molecule has 1 spiro atoms. The minimum atomic E-state index is -0.420. The summed E-state index contributed by atoms with van der Waals surface area (Å²) >= 11 is 0. The molecule has 2 aliphatic rings. The molecule has 0 N–H and O–H groups in total. The van der Waals surface area contributed by atoms with E-state index in [-0.39, 0.29) is 0 Å². The van der Waals surface area contributed by atoms with Crippen LogP contribution in [0.1, 0.15) is 38.9 Å². The van der Waals surface area contributed by atoms with Crippen molar-refractivity contribution in [3.8, 4) is 22.3 Å². The molecule has 0 saturated heterocycles. The number of anilines is 3. The fourth-order valence-corrected chi connectivity index (χ4v) is 8.58. The topological polar surface area (TPSA) is 3.24 Å². The number of hydrogen-bond acceptors (Lipinski definition) is 1. The van der Waals surface area contributed by atoms with E-state index in [0.29, 0.717) is 0 Å². The van der Waals surface area contributed by atoms with Gasteiger partial charge in [0.1, 0.15) is 0 Å². The number of aryl methyl sites for hydroxylation is 1. The summed E-state index contributed by atoms with van der Waals surface area (Å²) in [5.41, 5.74) is 18.2. The van der Waals surface area contributed by atoms with Crippen LogP contribution in [0, 0.1) is 6.92 Å². The van der Waals surface area contributed by atoms with Gasteiger partial charge in [-0.25, -0.2) is 0 Å². The van der Waals surface area contributed by atoms with Crippen LogP contribution in [0.5, 0.6) is 0 Å². The van der Waals surface area contributed by atoms with Crippen LogP contribution in [0.25, 0.3) is 27.8 Å². The molecule has 0 saturated carbocycles. The Morgan fingerprint density at radius 3 is 1.57 bits per heavy atom. The van der Waals surface area contributed by atoms with Gasteiger partial charge in [-0.1, -0.05) is 176 Å². The van der Waals surface area contributed by atoms with Crippen LogP contribution in [-0.2, 0) is 11.8 Å². The zero-order chi connectivity index (χ0) is 36.5. The van der Waals surface area contributed by atoms with Crippen LogP contribution in [0.2, 0.25) is 0 Å². The van der Waals surface area contributed by atoms with Gasteiger partial charge >= 0.3 is 0 Å². The number of rotatable bonds is 4. The molecule has 0 amide bonds. The van der Waals surface area contributed by atoms with Gasteiger partial charge < -0.3 is 4.90 Å². The third-order valence-corrected chi connectivity index (χ3v) is 11.1. The van der Waals surface area contributed by atoms with E-state index in [0.717, 1.165) is 29.1 Å². The average Bonchev–Trinajstić information content (AvgIpc) is 3.45. The van der Waals surface area contributed by atoms with E-state index in [2.05, 4.69) is 200 Å². The molecule has 0 aliphatic heterocycles. The minimum absolute atomic E-state index is 0.420. The van der Waals surface area contributed by atoms with E-state index in [9.17, 15) is 0 Å². The fourth-order valence-electron chi connectivity index (χ4n) is 8.58. The van der Waals surface area contributed by atoms with Gasteiger partial charge in [0.15, 0.2) is 0 Å². The van der Waals surface area contributed by atoms with Crippen molar-refractivity contribution in [1.29, 1.82) is 0 Å². The Labute approximate surface area is 319 Å². The number of hydrogen-bond donors (Lipinski definition) is 0. The molecule has 0 bridgehead atoms. The lowest BCUT2D eigenvalue weighted by Crippen LogP contribution is -2.30. The summed E-state index contributed by atoms with van der Waals surface area (Å²) in [4.78, 5) is 2.37. The number of benzene rings is 8. The second-order valence-electron chi connectivity index (χ2n) is 14.3. The van der Waals surface area contributed by atoms with Gasteiger partial charge in [0.25, 0.3) is 0 Å². The Balaban J connectivity index is 0.000000496. The third-order valence-electron chi connectivity index (χ3n) is 11.1. The SMILES string of the molecule is C=C1c2ccccc2CC2(c3cc(N(c4ccccc4)c4ccccc4)ccc31)c1ccccc1-c1ccc(-c3ccccc3)cc12.Cc1ccccc1. The molecule has 2 aliphatic carbocycles. The molecule has 8 aromatic rings. The monoisotopic (exact) mass is 691 g/mol. The van der Waals surface area contributed by atoms with Gasteiger partial charge in [-0.2, -0.15) is 0 Å². The maximum atomic E-state index is 4.77. The highest BCUT2D eigenvalue weighted by molar-refractivity contribution is 5.92. The summed E-state index contributed by atoms with van der Waals surface area (Å²) in [6.07, 6.45) is 0.845. The standard InChI is InChI=1S/C46H33N.C7H8/c1-32-39-22-12-11-17-35(39)31-46(43-24-14-13-23-41(43)42-27-25-34(29-44(42)46)33-15-5-2-6-16-33)45-30-38(26-28-40(32)45)47(36-18-7-3-8-19-36)37-20-9-4-10-21-37;1-7-5-3-2-4-6-7/h2-30H,1,31H2;2-6H,1H3. The molecule has 54 heavy (non-hydrogen) atoms. The summed E-state index contributed by atoms with van der Waals surface area (Å²) < 4.78 is 0. The summed E-state index contributed by atoms with van der Waals surface area (Å²) in [6, 6.07) is 74.5. The molecule has 0 fully saturated rings. The molecule has 258 valence electrons. The molecular formula is C53H41N. The van der Waals surface area contributed by atoms with Crippen LogP contribution >= 0.6 is 0 Å². The summed E-state index contributed by atoms with van der Waals surface area (Å²) in [7, 11) is 0. The fraction of sp³-hybridized carbons (Fsp3) is 0.0566. The van der Waals surface area contributed by atoms with Crippen molar-refractivity contribution < 1.29 is 0 Å². The zero-order valence-electron chi connectivity index (χ0n) is 30.5. The number of fused-ring (bicyclic) bond motifs is 8. The molecule has 0 aromatic heterocycles. The minimum Gasteiger partial charge on any atom is -0.310 e. The predicted octanol–water partition coefficient (Wildman–Crippen LogP) is 13.8. The molecule has 1 unspecified atom stereocenters. The second kappa shape index (κ2) is 14.0. The first-order chi connectivity index (χ1) is 26.6. The molecule has 0 heterocycles. The first-order valence-electron chi connectivity index (χ1n) is 18.8. The Morgan fingerprint density at radius 2 is 0.926 bits per heavy atom. The Kier molecular flexibility index (Phi) is 8.61. The molecule has 8 aromatic carbocycles. The van der Waals surface area contributed by atoms with Crippen molar-refractivity contribution in [3.63, 3.8) is 0 Å². The maximum absolute atomic E-state index is 4.77. The summed E-state index contributed by atoms with van der Waals surface area (Å²) in [5, 5.41) is 0. The highest BCUT2D eigenvalue weighted by Gasteiger charge is 2.48. The van der Waals surface area contributed by atoms with E-state index >= 15 is 0 Å². The van der Waals surface area contributed by atoms with Crippen molar-refractivity contribution in [2.75, 3.05) is 4.90 Å². The molecule has 1 heteroatoms. The van der Waals surface area contributed by atoms with E-state index < -0.39 is 5.41 Å². The van der Waals surface area contributed by atoms with E-state index in [4.69, 9.17) is 6.58 Å². The van der Waals surface area contributed by atoms with Crippen molar-refractivity contribution in [1.82, 2.24) is 0 Å². The number of para-hydroxylation sites is 2. The molecule has 10 rings (SSSR count). The van der Waals surface area contributed by atoms with Gasteiger partial charge in [-0.15, -0.1) is 0 Å².